The van der Waals surface area contributed by atoms with Crippen molar-refractivity contribution in [1.29, 1.82) is 0 Å². The number of ether oxygens (including phenoxy) is 1. The number of nitrogen functional groups attached to an aromatic ring is 1. The molecule has 4 N–H and O–H groups in total. The van der Waals surface area contributed by atoms with Gasteiger partial charge in [-0.25, -0.2) is 9.97 Å². The third kappa shape index (κ3) is 3.53. The Labute approximate surface area is 124 Å². The highest BCUT2D eigenvalue weighted by Gasteiger charge is 2.10. The number of hydrogen-bond donors (Lipinski definition) is 3. The highest BCUT2D eigenvalue weighted by Crippen LogP contribution is 2.31. The third-order valence-corrected chi connectivity index (χ3v) is 3.03. The van der Waals surface area contributed by atoms with Gasteiger partial charge >= 0.3 is 0 Å². The molecule has 6 heteroatoms. The molecular formula is C15H21N5O. The average Bonchev–Trinajstić information content (AvgIpc) is 2.48. The van der Waals surface area contributed by atoms with E-state index in [0.29, 0.717) is 17.3 Å². The predicted molar refractivity (Wildman–Crippen MR) is 86.2 cm³/mol. The number of aryl methyl sites for hydroxylation is 1. The Bertz CT molecular complexity index is 615. The van der Waals surface area contributed by atoms with Crippen LogP contribution in [0.2, 0.25) is 0 Å². The van der Waals surface area contributed by atoms with Gasteiger partial charge in [0.15, 0.2) is 11.6 Å². The molecule has 6 nitrogen and oxygen atoms in total. The van der Waals surface area contributed by atoms with Gasteiger partial charge in [0, 0.05) is 6.54 Å². The number of methoxy groups -OCH3 is 1. The summed E-state index contributed by atoms with van der Waals surface area (Å²) in [5, 5.41) is 6.39. The second kappa shape index (κ2) is 6.78. The molecule has 0 aliphatic heterocycles. The van der Waals surface area contributed by atoms with Crippen molar-refractivity contribution in [3.05, 3.63) is 30.1 Å². The minimum atomic E-state index is 0.495. The summed E-state index contributed by atoms with van der Waals surface area (Å²) in [6.07, 6.45) is 2.48. The predicted octanol–water partition coefficient (Wildman–Crippen LogP) is 2.94. The van der Waals surface area contributed by atoms with E-state index in [9.17, 15) is 0 Å². The quantitative estimate of drug-likeness (QED) is 0.757. The molecule has 0 unspecified atom stereocenters. The second-order valence-corrected chi connectivity index (χ2v) is 4.74. The summed E-state index contributed by atoms with van der Waals surface area (Å²) in [7, 11) is 1.63. The monoisotopic (exact) mass is 287 g/mol. The summed E-state index contributed by atoms with van der Waals surface area (Å²) < 4.78 is 5.35. The van der Waals surface area contributed by atoms with Gasteiger partial charge in [-0.2, -0.15) is 0 Å². The number of rotatable bonds is 6. The van der Waals surface area contributed by atoms with Crippen LogP contribution in [-0.4, -0.2) is 23.6 Å². The lowest BCUT2D eigenvalue weighted by Crippen LogP contribution is -2.08. The van der Waals surface area contributed by atoms with Gasteiger partial charge in [-0.05, 0) is 31.0 Å². The van der Waals surface area contributed by atoms with Gasteiger partial charge in [0.25, 0.3) is 0 Å². The van der Waals surface area contributed by atoms with Crippen LogP contribution in [0.15, 0.2) is 24.5 Å². The molecule has 0 aliphatic rings. The van der Waals surface area contributed by atoms with Gasteiger partial charge < -0.3 is 21.1 Å². The number of aromatic nitrogens is 2. The molecule has 2 aromatic rings. The van der Waals surface area contributed by atoms with Crippen molar-refractivity contribution in [3.63, 3.8) is 0 Å². The first-order valence-electron chi connectivity index (χ1n) is 6.91. The van der Waals surface area contributed by atoms with Crippen molar-refractivity contribution in [1.82, 2.24) is 9.97 Å². The van der Waals surface area contributed by atoms with Crippen molar-refractivity contribution in [2.24, 2.45) is 0 Å². The summed E-state index contributed by atoms with van der Waals surface area (Å²) >= 11 is 0. The first-order chi connectivity index (χ1) is 10.2. The lowest BCUT2D eigenvalue weighted by molar-refractivity contribution is 0.416. The summed E-state index contributed by atoms with van der Waals surface area (Å²) in [5.41, 5.74) is 8.55. The highest BCUT2D eigenvalue weighted by molar-refractivity contribution is 5.79. The number of nitrogens with zero attached hydrogens (tertiary/aromatic N) is 2. The van der Waals surface area contributed by atoms with E-state index >= 15 is 0 Å². The smallest absolute Gasteiger partial charge is 0.159 e. The Hall–Kier alpha value is -2.50. The van der Waals surface area contributed by atoms with E-state index in [-0.39, 0.29) is 0 Å². The second-order valence-electron chi connectivity index (χ2n) is 4.74. The molecular weight excluding hydrogens is 266 g/mol. The first kappa shape index (κ1) is 14.9. The standard InChI is InChI=1S/C15H21N5O/c1-4-7-17-14-13(16)15(19-9-18-14)20-11-8-10(2)5-6-12(11)21-3/h5-6,8-9H,4,7,16H2,1-3H3,(H2,17,18,19,20). The Morgan fingerprint density at radius 3 is 2.71 bits per heavy atom. The molecule has 0 saturated heterocycles. The van der Waals surface area contributed by atoms with Crippen molar-refractivity contribution in [3.8, 4) is 5.75 Å². The molecule has 0 aliphatic carbocycles. The molecule has 0 bridgehead atoms. The van der Waals surface area contributed by atoms with Crippen LogP contribution in [0.1, 0.15) is 18.9 Å². The molecule has 2 rings (SSSR count). The maximum Gasteiger partial charge on any atom is 0.159 e. The molecule has 0 fully saturated rings. The zero-order valence-corrected chi connectivity index (χ0v) is 12.6. The maximum absolute atomic E-state index is 6.11. The largest absolute Gasteiger partial charge is 0.495 e. The normalized spacial score (nSPS) is 10.2. The molecule has 0 atom stereocenters. The van der Waals surface area contributed by atoms with E-state index in [1.165, 1.54) is 6.33 Å². The van der Waals surface area contributed by atoms with Crippen LogP contribution in [0.25, 0.3) is 0 Å². The van der Waals surface area contributed by atoms with Gasteiger partial charge in [-0.3, -0.25) is 0 Å². The third-order valence-electron chi connectivity index (χ3n) is 3.03. The van der Waals surface area contributed by atoms with Crippen molar-refractivity contribution < 1.29 is 4.74 Å². The van der Waals surface area contributed by atoms with Gasteiger partial charge in [0.2, 0.25) is 0 Å². The van der Waals surface area contributed by atoms with E-state index in [1.54, 1.807) is 7.11 Å². The fourth-order valence-electron chi connectivity index (χ4n) is 1.93. The minimum absolute atomic E-state index is 0.495. The number of nitrogens with two attached hydrogens (primary N) is 1. The van der Waals surface area contributed by atoms with E-state index in [0.717, 1.165) is 30.0 Å². The fraction of sp³-hybridized carbons (Fsp3) is 0.333. The van der Waals surface area contributed by atoms with E-state index in [2.05, 4.69) is 27.5 Å². The van der Waals surface area contributed by atoms with Crippen LogP contribution in [-0.2, 0) is 0 Å². The van der Waals surface area contributed by atoms with Crippen molar-refractivity contribution in [2.75, 3.05) is 30.0 Å². The van der Waals surface area contributed by atoms with Crippen LogP contribution in [0.3, 0.4) is 0 Å². The van der Waals surface area contributed by atoms with Crippen molar-refractivity contribution in [2.45, 2.75) is 20.3 Å². The van der Waals surface area contributed by atoms with E-state index < -0.39 is 0 Å². The average molecular weight is 287 g/mol. The first-order valence-corrected chi connectivity index (χ1v) is 6.91. The van der Waals surface area contributed by atoms with Crippen LogP contribution >= 0.6 is 0 Å². The van der Waals surface area contributed by atoms with Gasteiger partial charge in [-0.15, -0.1) is 0 Å². The molecule has 1 heterocycles. The molecule has 21 heavy (non-hydrogen) atoms. The molecule has 0 spiro atoms. The summed E-state index contributed by atoms with van der Waals surface area (Å²) in [6.45, 7) is 4.91. The zero-order chi connectivity index (χ0) is 15.2. The van der Waals surface area contributed by atoms with E-state index in [4.69, 9.17) is 10.5 Å². The Balaban J connectivity index is 2.29. The Morgan fingerprint density at radius 1 is 1.24 bits per heavy atom. The maximum atomic E-state index is 6.11. The molecule has 1 aromatic carbocycles. The Morgan fingerprint density at radius 2 is 2.00 bits per heavy atom. The number of benzene rings is 1. The molecule has 0 amide bonds. The summed E-state index contributed by atoms with van der Waals surface area (Å²) in [5.74, 6) is 1.94. The topological polar surface area (TPSA) is 85.1 Å². The molecule has 1 aromatic heterocycles. The fourth-order valence-corrected chi connectivity index (χ4v) is 1.93. The Kier molecular flexibility index (Phi) is 4.81. The van der Waals surface area contributed by atoms with Gasteiger partial charge in [-0.1, -0.05) is 13.0 Å². The number of nitrogens with one attached hydrogen (secondary N) is 2. The van der Waals surface area contributed by atoms with Crippen LogP contribution in [0.5, 0.6) is 5.75 Å². The van der Waals surface area contributed by atoms with E-state index in [1.807, 2.05) is 25.1 Å². The molecule has 0 radical (unpaired) electrons. The lowest BCUT2D eigenvalue weighted by atomic mass is 10.2. The minimum Gasteiger partial charge on any atom is -0.495 e. The summed E-state index contributed by atoms with van der Waals surface area (Å²) in [6, 6.07) is 5.88. The molecule has 0 saturated carbocycles. The highest BCUT2D eigenvalue weighted by atomic mass is 16.5. The SMILES string of the molecule is CCCNc1ncnc(Nc2cc(C)ccc2OC)c1N. The van der Waals surface area contributed by atoms with Gasteiger partial charge in [0.05, 0.1) is 12.8 Å². The van der Waals surface area contributed by atoms with Crippen LogP contribution in [0, 0.1) is 6.92 Å². The summed E-state index contributed by atoms with van der Waals surface area (Å²) in [4.78, 5) is 8.36. The van der Waals surface area contributed by atoms with Crippen molar-refractivity contribution >= 4 is 23.0 Å². The number of anilines is 4. The number of hydrogen-bond acceptors (Lipinski definition) is 6. The lowest BCUT2D eigenvalue weighted by Gasteiger charge is -2.14. The zero-order valence-electron chi connectivity index (χ0n) is 12.6. The van der Waals surface area contributed by atoms with Gasteiger partial charge in [0.1, 0.15) is 17.8 Å². The van der Waals surface area contributed by atoms with Crippen LogP contribution < -0.4 is 21.1 Å². The van der Waals surface area contributed by atoms with Crippen LogP contribution in [0.4, 0.5) is 23.0 Å². The molecule has 112 valence electrons.